The Kier molecular flexibility index (Phi) is 6.51. The highest BCUT2D eigenvalue weighted by Gasteiger charge is 2.39. The summed E-state index contributed by atoms with van der Waals surface area (Å²) >= 11 is 0. The molecule has 1 aromatic heterocycles. The number of benzene rings is 6. The fourth-order valence-corrected chi connectivity index (χ4v) is 8.04. The second-order valence-corrected chi connectivity index (χ2v) is 14.3. The largest absolute Gasteiger partial charge is 0.294 e. The lowest BCUT2D eigenvalue weighted by Crippen LogP contribution is -2.31. The molecule has 0 N–H and O–H groups in total. The highest BCUT2D eigenvalue weighted by atomic mass is 15.2. The Morgan fingerprint density at radius 3 is 1.71 bits per heavy atom. The van der Waals surface area contributed by atoms with Crippen molar-refractivity contribution in [2.24, 2.45) is 0 Å². The molecule has 7 aromatic rings. The van der Waals surface area contributed by atoms with Crippen LogP contribution >= 0.6 is 0 Å². The average molecular weight is 632 g/mol. The van der Waals surface area contributed by atoms with Gasteiger partial charge in [0.25, 0.3) is 0 Å². The van der Waals surface area contributed by atoms with Crippen molar-refractivity contribution < 1.29 is 0 Å². The van der Waals surface area contributed by atoms with Gasteiger partial charge in [0, 0.05) is 28.0 Å². The molecule has 6 aromatic carbocycles. The molecule has 2 aliphatic rings. The first-order valence-corrected chi connectivity index (χ1v) is 17.1. The molecule has 0 unspecified atom stereocenters. The zero-order chi connectivity index (χ0) is 33.3. The molecule has 236 valence electrons. The summed E-state index contributed by atoms with van der Waals surface area (Å²) in [7, 11) is 0. The van der Waals surface area contributed by atoms with Crippen LogP contribution < -0.4 is 4.90 Å². The van der Waals surface area contributed by atoms with Gasteiger partial charge in [-0.1, -0.05) is 149 Å². The average Bonchev–Trinajstić information content (AvgIpc) is 3.38. The molecule has 1 aliphatic carbocycles. The third-order valence-corrected chi connectivity index (χ3v) is 10.7. The van der Waals surface area contributed by atoms with Gasteiger partial charge in [-0.3, -0.25) is 4.90 Å². The maximum Gasteiger partial charge on any atom is 0.162 e. The van der Waals surface area contributed by atoms with Gasteiger partial charge in [-0.2, -0.15) is 0 Å². The molecule has 9 rings (SSSR count). The van der Waals surface area contributed by atoms with Crippen molar-refractivity contribution in [1.82, 2.24) is 9.97 Å². The summed E-state index contributed by atoms with van der Waals surface area (Å²) < 4.78 is 0. The molecule has 1 aliphatic heterocycles. The smallest absolute Gasteiger partial charge is 0.162 e. The lowest BCUT2D eigenvalue weighted by atomic mass is 9.73. The predicted molar refractivity (Wildman–Crippen MR) is 203 cm³/mol. The maximum atomic E-state index is 5.27. The van der Waals surface area contributed by atoms with Crippen LogP contribution in [0.4, 0.5) is 17.2 Å². The molecule has 0 spiro atoms. The topological polar surface area (TPSA) is 29.0 Å². The van der Waals surface area contributed by atoms with E-state index in [1.54, 1.807) is 0 Å². The summed E-state index contributed by atoms with van der Waals surface area (Å²) in [5.74, 6) is 1.56. The Hall–Kier alpha value is -5.80. The van der Waals surface area contributed by atoms with E-state index in [4.69, 9.17) is 9.97 Å². The lowest BCUT2D eigenvalue weighted by Gasteiger charge is -2.41. The highest BCUT2D eigenvalue weighted by molar-refractivity contribution is 5.89. The molecule has 49 heavy (non-hydrogen) atoms. The molecule has 0 bridgehead atoms. The van der Waals surface area contributed by atoms with Crippen molar-refractivity contribution in [3.05, 3.63) is 174 Å². The number of aromatic nitrogens is 2. The van der Waals surface area contributed by atoms with Gasteiger partial charge in [0.15, 0.2) is 5.82 Å². The molecule has 0 atom stereocenters. The molecular formula is C46H37N3. The lowest BCUT2D eigenvalue weighted by molar-refractivity contribution is 0.631. The summed E-state index contributed by atoms with van der Waals surface area (Å²) in [6, 6.07) is 54.5. The van der Waals surface area contributed by atoms with Crippen LogP contribution in [0.1, 0.15) is 49.9 Å². The van der Waals surface area contributed by atoms with Gasteiger partial charge in [-0.05, 0) is 68.8 Å². The van der Waals surface area contributed by atoms with Crippen molar-refractivity contribution in [2.75, 3.05) is 4.90 Å². The number of nitrogens with zero attached hydrogens (tertiary/aromatic N) is 3. The van der Waals surface area contributed by atoms with E-state index in [1.807, 2.05) is 24.3 Å². The first kappa shape index (κ1) is 29.3. The van der Waals surface area contributed by atoms with Crippen molar-refractivity contribution in [2.45, 2.75) is 38.5 Å². The van der Waals surface area contributed by atoms with E-state index < -0.39 is 0 Å². The number of anilines is 3. The molecule has 0 saturated carbocycles. The Labute approximate surface area is 288 Å². The van der Waals surface area contributed by atoms with Crippen LogP contribution in [-0.4, -0.2) is 9.97 Å². The highest BCUT2D eigenvalue weighted by Crippen LogP contribution is 2.54. The monoisotopic (exact) mass is 631 g/mol. The zero-order valence-corrected chi connectivity index (χ0v) is 28.3. The minimum absolute atomic E-state index is 0.0505. The Balaban J connectivity index is 1.23. The molecule has 0 saturated heterocycles. The van der Waals surface area contributed by atoms with Crippen LogP contribution in [-0.2, 0) is 10.8 Å². The second kappa shape index (κ2) is 10.9. The number of hydrogen-bond acceptors (Lipinski definition) is 3. The van der Waals surface area contributed by atoms with Crippen LogP contribution in [0.15, 0.2) is 152 Å². The fourth-order valence-electron chi connectivity index (χ4n) is 8.04. The first-order chi connectivity index (χ1) is 23.8. The molecule has 0 fully saturated rings. The third-order valence-electron chi connectivity index (χ3n) is 10.7. The van der Waals surface area contributed by atoms with E-state index in [-0.39, 0.29) is 10.8 Å². The third kappa shape index (κ3) is 4.57. The van der Waals surface area contributed by atoms with Gasteiger partial charge in [0.2, 0.25) is 0 Å². The van der Waals surface area contributed by atoms with E-state index in [0.29, 0.717) is 5.82 Å². The molecule has 3 heteroatoms. The Morgan fingerprint density at radius 2 is 0.959 bits per heavy atom. The fraction of sp³-hybridized carbons (Fsp3) is 0.130. The van der Waals surface area contributed by atoms with E-state index >= 15 is 0 Å². The zero-order valence-electron chi connectivity index (χ0n) is 28.3. The predicted octanol–water partition coefficient (Wildman–Crippen LogP) is 11.9. The van der Waals surface area contributed by atoms with Gasteiger partial charge in [0.1, 0.15) is 5.82 Å². The Morgan fingerprint density at radius 1 is 0.408 bits per heavy atom. The molecule has 3 nitrogen and oxygen atoms in total. The van der Waals surface area contributed by atoms with E-state index in [1.165, 1.54) is 44.5 Å². The molecule has 2 heterocycles. The van der Waals surface area contributed by atoms with Crippen LogP contribution in [0.5, 0.6) is 0 Å². The number of hydrogen-bond donors (Lipinski definition) is 0. The van der Waals surface area contributed by atoms with E-state index in [9.17, 15) is 0 Å². The van der Waals surface area contributed by atoms with Gasteiger partial charge in [-0.15, -0.1) is 0 Å². The van der Waals surface area contributed by atoms with Gasteiger partial charge in [-0.25, -0.2) is 9.97 Å². The van der Waals surface area contributed by atoms with Crippen molar-refractivity contribution >= 4 is 17.2 Å². The summed E-state index contributed by atoms with van der Waals surface area (Å²) in [6.45, 7) is 9.39. The van der Waals surface area contributed by atoms with Crippen LogP contribution in [0.2, 0.25) is 0 Å². The van der Waals surface area contributed by atoms with E-state index in [2.05, 4.69) is 160 Å². The van der Waals surface area contributed by atoms with Crippen molar-refractivity contribution in [1.29, 1.82) is 0 Å². The summed E-state index contributed by atoms with van der Waals surface area (Å²) in [5.41, 5.74) is 15.4. The van der Waals surface area contributed by atoms with Crippen LogP contribution in [0, 0.1) is 0 Å². The number of para-hydroxylation sites is 1. The Bertz CT molecular complexity index is 2330. The summed E-state index contributed by atoms with van der Waals surface area (Å²) in [4.78, 5) is 12.7. The summed E-state index contributed by atoms with van der Waals surface area (Å²) in [5, 5.41) is 0. The van der Waals surface area contributed by atoms with Crippen LogP contribution in [0.3, 0.4) is 0 Å². The standard InChI is InChI=1S/C46H37N3/c1-45(2)36-20-12-11-19-34(36)35-25-23-32(27-38(35)45)33-24-26-42-39(28-33)46(3,4)37-21-13-14-22-41(37)49(42)43-29-40(30-15-7-5-8-16-30)47-44(48-43)31-17-9-6-10-18-31/h5-29H,1-4H3. The molecular weight excluding hydrogens is 595 g/mol. The first-order valence-electron chi connectivity index (χ1n) is 17.1. The van der Waals surface area contributed by atoms with Crippen molar-refractivity contribution in [3.8, 4) is 44.9 Å². The normalized spacial score (nSPS) is 14.8. The van der Waals surface area contributed by atoms with E-state index in [0.717, 1.165) is 34.0 Å². The van der Waals surface area contributed by atoms with Crippen LogP contribution in [0.25, 0.3) is 44.9 Å². The minimum Gasteiger partial charge on any atom is -0.294 e. The minimum atomic E-state index is -0.234. The van der Waals surface area contributed by atoms with Crippen molar-refractivity contribution in [3.63, 3.8) is 0 Å². The molecule has 0 radical (unpaired) electrons. The van der Waals surface area contributed by atoms with Gasteiger partial charge >= 0.3 is 0 Å². The number of fused-ring (bicyclic) bond motifs is 5. The summed E-state index contributed by atoms with van der Waals surface area (Å²) in [6.07, 6.45) is 0. The number of rotatable bonds is 4. The quantitative estimate of drug-likeness (QED) is 0.194. The van der Waals surface area contributed by atoms with Gasteiger partial charge in [0.05, 0.1) is 17.1 Å². The molecule has 0 amide bonds. The second-order valence-electron chi connectivity index (χ2n) is 14.3. The maximum absolute atomic E-state index is 5.27. The van der Waals surface area contributed by atoms with Gasteiger partial charge < -0.3 is 0 Å². The SMILES string of the molecule is CC1(C)c2ccccc2-c2ccc(-c3ccc4c(c3)C(C)(C)c3ccccc3N4c3cc(-c4ccccc4)nc(-c4ccccc4)n3)cc21.